The van der Waals surface area contributed by atoms with Crippen molar-refractivity contribution in [2.24, 2.45) is 0 Å². The Labute approximate surface area is 133 Å². The largest absolute Gasteiger partial charge is 0.313 e. The Balaban J connectivity index is 2.12. The van der Waals surface area contributed by atoms with Crippen molar-refractivity contribution in [3.05, 3.63) is 58.6 Å². The van der Waals surface area contributed by atoms with E-state index in [9.17, 15) is 0 Å². The van der Waals surface area contributed by atoms with E-state index in [0.717, 1.165) is 36.5 Å². The summed E-state index contributed by atoms with van der Waals surface area (Å²) >= 11 is 6.45. The van der Waals surface area contributed by atoms with Gasteiger partial charge in [0.2, 0.25) is 0 Å². The predicted molar refractivity (Wildman–Crippen MR) is 92.9 cm³/mol. The maximum Gasteiger partial charge on any atom is 0.0487 e. The highest BCUT2D eigenvalue weighted by atomic mass is 35.5. The Bertz CT molecular complexity index is 560. The molecule has 1 nitrogen and oxygen atoms in total. The summed E-state index contributed by atoms with van der Waals surface area (Å²) in [6.07, 6.45) is 3.46. The molecule has 0 unspecified atom stereocenters. The number of hydrogen-bond donors (Lipinski definition) is 1. The van der Waals surface area contributed by atoms with Crippen LogP contribution in [0.1, 0.15) is 37.8 Å². The van der Waals surface area contributed by atoms with Gasteiger partial charge in [0, 0.05) is 17.1 Å². The molecule has 0 amide bonds. The molecule has 2 aromatic carbocycles. The fourth-order valence-corrected chi connectivity index (χ4v) is 2.76. The van der Waals surface area contributed by atoms with E-state index >= 15 is 0 Å². The van der Waals surface area contributed by atoms with E-state index in [1.54, 1.807) is 0 Å². The van der Waals surface area contributed by atoms with Crippen molar-refractivity contribution < 1.29 is 0 Å². The van der Waals surface area contributed by atoms with Gasteiger partial charge in [-0.25, -0.2) is 0 Å². The summed E-state index contributed by atoms with van der Waals surface area (Å²) < 4.78 is 0. The molecule has 0 heterocycles. The molecule has 0 aromatic heterocycles. The Hall–Kier alpha value is -1.31. The van der Waals surface area contributed by atoms with Crippen LogP contribution < -0.4 is 5.32 Å². The molecule has 0 aliphatic carbocycles. The van der Waals surface area contributed by atoms with Crippen LogP contribution in [0.15, 0.2) is 42.5 Å². The molecule has 0 aliphatic rings. The van der Waals surface area contributed by atoms with Gasteiger partial charge in [-0.2, -0.15) is 0 Å². The van der Waals surface area contributed by atoms with Crippen LogP contribution in [0.25, 0.3) is 11.1 Å². The Morgan fingerprint density at radius 3 is 2.24 bits per heavy atom. The minimum atomic E-state index is 0.828. The van der Waals surface area contributed by atoms with E-state index in [0.29, 0.717) is 0 Å². The van der Waals surface area contributed by atoms with E-state index in [-0.39, 0.29) is 0 Å². The van der Waals surface area contributed by atoms with Crippen LogP contribution >= 0.6 is 11.6 Å². The van der Waals surface area contributed by atoms with Crippen LogP contribution in [-0.2, 0) is 13.0 Å². The molecule has 1 N–H and O–H groups in total. The van der Waals surface area contributed by atoms with Crippen LogP contribution in [0.5, 0.6) is 0 Å². The first-order chi connectivity index (χ1) is 10.2. The van der Waals surface area contributed by atoms with Crippen molar-refractivity contribution in [2.45, 2.75) is 39.7 Å². The van der Waals surface area contributed by atoms with Gasteiger partial charge < -0.3 is 5.32 Å². The zero-order chi connectivity index (χ0) is 15.1. The molecule has 0 atom stereocenters. The van der Waals surface area contributed by atoms with Gasteiger partial charge in [0.15, 0.2) is 0 Å². The number of halogens is 1. The molecule has 0 aliphatic heterocycles. The number of benzene rings is 2. The van der Waals surface area contributed by atoms with Gasteiger partial charge >= 0.3 is 0 Å². The third kappa shape index (κ3) is 4.59. The Morgan fingerprint density at radius 2 is 1.62 bits per heavy atom. The van der Waals surface area contributed by atoms with Crippen molar-refractivity contribution in [1.29, 1.82) is 0 Å². The molecule has 2 aromatic rings. The quantitative estimate of drug-likeness (QED) is 0.670. The van der Waals surface area contributed by atoms with Crippen molar-refractivity contribution in [2.75, 3.05) is 6.54 Å². The van der Waals surface area contributed by atoms with E-state index < -0.39 is 0 Å². The van der Waals surface area contributed by atoms with Crippen molar-refractivity contribution in [1.82, 2.24) is 5.32 Å². The van der Waals surface area contributed by atoms with E-state index in [1.807, 2.05) is 0 Å². The average molecular weight is 302 g/mol. The maximum absolute atomic E-state index is 6.45. The average Bonchev–Trinajstić information content (AvgIpc) is 2.49. The van der Waals surface area contributed by atoms with Gasteiger partial charge in [-0.1, -0.05) is 68.3 Å². The van der Waals surface area contributed by atoms with Crippen LogP contribution in [0.2, 0.25) is 5.02 Å². The second kappa shape index (κ2) is 8.21. The summed E-state index contributed by atoms with van der Waals surface area (Å²) in [5.41, 5.74) is 4.92. The van der Waals surface area contributed by atoms with E-state index in [2.05, 4.69) is 61.6 Å². The van der Waals surface area contributed by atoms with Gasteiger partial charge in [-0.15, -0.1) is 0 Å². The first kappa shape index (κ1) is 16.1. The molecule has 2 rings (SSSR count). The second-order valence-electron chi connectivity index (χ2n) is 5.44. The number of rotatable bonds is 7. The lowest BCUT2D eigenvalue weighted by atomic mass is 10.0. The van der Waals surface area contributed by atoms with Crippen molar-refractivity contribution >= 4 is 11.6 Å². The van der Waals surface area contributed by atoms with E-state index in [1.165, 1.54) is 23.1 Å². The highest BCUT2D eigenvalue weighted by Gasteiger charge is 2.05. The third-order valence-electron chi connectivity index (χ3n) is 3.59. The SMILES string of the molecule is CCCNCc1ccc(-c2ccc(CCC)cc2)c(Cl)c1. The standard InChI is InChI=1S/C19H24ClN/c1-3-5-15-6-9-17(10-7-15)18-11-8-16(13-19(18)20)14-21-12-4-2/h6-11,13,21H,3-5,12,14H2,1-2H3. The van der Waals surface area contributed by atoms with Gasteiger partial charge in [0.25, 0.3) is 0 Å². The topological polar surface area (TPSA) is 12.0 Å². The molecule has 0 bridgehead atoms. The second-order valence-corrected chi connectivity index (χ2v) is 5.85. The molecule has 0 radical (unpaired) electrons. The summed E-state index contributed by atoms with van der Waals surface area (Å²) in [4.78, 5) is 0. The molecule has 2 heteroatoms. The van der Waals surface area contributed by atoms with Crippen molar-refractivity contribution in [3.63, 3.8) is 0 Å². The first-order valence-corrected chi connectivity index (χ1v) is 8.20. The Kier molecular flexibility index (Phi) is 6.28. The fourth-order valence-electron chi connectivity index (χ4n) is 2.45. The summed E-state index contributed by atoms with van der Waals surface area (Å²) in [6, 6.07) is 15.1. The highest BCUT2D eigenvalue weighted by Crippen LogP contribution is 2.29. The van der Waals surface area contributed by atoms with Crippen LogP contribution in [0, 0.1) is 0 Å². The normalized spacial score (nSPS) is 10.8. The van der Waals surface area contributed by atoms with Crippen LogP contribution in [0.3, 0.4) is 0 Å². The molecule has 0 saturated carbocycles. The summed E-state index contributed by atoms with van der Waals surface area (Å²) in [5.74, 6) is 0. The minimum Gasteiger partial charge on any atom is -0.313 e. The fraction of sp³-hybridized carbons (Fsp3) is 0.368. The third-order valence-corrected chi connectivity index (χ3v) is 3.91. The van der Waals surface area contributed by atoms with Gasteiger partial charge in [-0.05, 0) is 42.1 Å². The molecule has 21 heavy (non-hydrogen) atoms. The smallest absolute Gasteiger partial charge is 0.0487 e. The van der Waals surface area contributed by atoms with Crippen LogP contribution in [-0.4, -0.2) is 6.54 Å². The Morgan fingerprint density at radius 1 is 0.905 bits per heavy atom. The zero-order valence-electron chi connectivity index (χ0n) is 13.0. The summed E-state index contributed by atoms with van der Waals surface area (Å²) in [6.45, 7) is 6.29. The molecular weight excluding hydrogens is 278 g/mol. The molecule has 112 valence electrons. The molecule has 0 spiro atoms. The zero-order valence-corrected chi connectivity index (χ0v) is 13.7. The molecule has 0 saturated heterocycles. The minimum absolute atomic E-state index is 0.828. The number of nitrogens with one attached hydrogen (secondary N) is 1. The molecular formula is C19H24ClN. The van der Waals surface area contributed by atoms with Crippen molar-refractivity contribution in [3.8, 4) is 11.1 Å². The lowest BCUT2D eigenvalue weighted by Crippen LogP contribution is -2.13. The van der Waals surface area contributed by atoms with Crippen LogP contribution in [0.4, 0.5) is 0 Å². The van der Waals surface area contributed by atoms with Gasteiger partial charge in [0.1, 0.15) is 0 Å². The number of hydrogen-bond acceptors (Lipinski definition) is 1. The maximum atomic E-state index is 6.45. The molecule has 0 fully saturated rings. The predicted octanol–water partition coefficient (Wildman–Crippen LogP) is 5.46. The van der Waals surface area contributed by atoms with Gasteiger partial charge in [0.05, 0.1) is 0 Å². The summed E-state index contributed by atoms with van der Waals surface area (Å²) in [5, 5.41) is 4.23. The monoisotopic (exact) mass is 301 g/mol. The summed E-state index contributed by atoms with van der Waals surface area (Å²) in [7, 11) is 0. The number of aryl methyl sites for hydroxylation is 1. The highest BCUT2D eigenvalue weighted by molar-refractivity contribution is 6.33. The van der Waals surface area contributed by atoms with Gasteiger partial charge in [-0.3, -0.25) is 0 Å². The van der Waals surface area contributed by atoms with E-state index in [4.69, 9.17) is 11.6 Å². The lowest BCUT2D eigenvalue weighted by molar-refractivity contribution is 0.675. The lowest BCUT2D eigenvalue weighted by Gasteiger charge is -2.09. The first-order valence-electron chi connectivity index (χ1n) is 7.83.